The zero-order valence-corrected chi connectivity index (χ0v) is 16.0. The van der Waals surface area contributed by atoms with Gasteiger partial charge in [-0.1, -0.05) is 20.8 Å². The van der Waals surface area contributed by atoms with Crippen LogP contribution < -0.4 is 16.0 Å². The number of rotatable bonds is 4. The first-order chi connectivity index (χ1) is 12.9. The summed E-state index contributed by atoms with van der Waals surface area (Å²) in [5.74, 6) is 0.398. The van der Waals surface area contributed by atoms with E-state index in [0.717, 1.165) is 24.2 Å². The van der Waals surface area contributed by atoms with Crippen LogP contribution in [0.3, 0.4) is 0 Å². The highest BCUT2D eigenvalue weighted by Gasteiger charge is 2.29. The molecule has 1 saturated heterocycles. The normalized spacial score (nSPS) is 21.1. The molecule has 1 aromatic heterocycles. The first-order valence-corrected chi connectivity index (χ1v) is 9.35. The summed E-state index contributed by atoms with van der Waals surface area (Å²) in [6, 6.07) is 5.40. The molecule has 0 aliphatic carbocycles. The number of amides is 1. The van der Waals surface area contributed by atoms with E-state index in [1.54, 1.807) is 18.5 Å². The van der Waals surface area contributed by atoms with Gasteiger partial charge >= 0.3 is 0 Å². The molecule has 0 unspecified atom stereocenters. The number of carbonyl (C=O) groups excluding carboxylic acids is 1. The molecule has 142 valence electrons. The number of nitriles is 1. The molecule has 1 amide bonds. The number of nitrogens with one attached hydrogen (secondary N) is 1. The Morgan fingerprint density at radius 3 is 2.67 bits per heavy atom. The second kappa shape index (κ2) is 7.89. The number of nitrogens with two attached hydrogens (primary N) is 1. The van der Waals surface area contributed by atoms with Crippen LogP contribution in [0, 0.1) is 23.2 Å². The van der Waals surface area contributed by atoms with Crippen LogP contribution in [0.25, 0.3) is 11.0 Å². The molecule has 2 heterocycles. The van der Waals surface area contributed by atoms with E-state index >= 15 is 0 Å². The van der Waals surface area contributed by atoms with E-state index < -0.39 is 6.04 Å². The van der Waals surface area contributed by atoms with Crippen LogP contribution in [0.4, 0.5) is 5.69 Å². The minimum absolute atomic E-state index is 0.0217. The van der Waals surface area contributed by atoms with Crippen molar-refractivity contribution in [3.63, 3.8) is 0 Å². The van der Waals surface area contributed by atoms with Gasteiger partial charge in [0.05, 0.1) is 17.3 Å². The van der Waals surface area contributed by atoms with Crippen molar-refractivity contribution in [2.45, 2.75) is 39.3 Å². The molecule has 3 rings (SSSR count). The number of aromatic nitrogens is 2. The lowest BCUT2D eigenvalue weighted by atomic mass is 9.94. The van der Waals surface area contributed by atoms with Crippen LogP contribution in [0.2, 0.25) is 0 Å². The number of benzene rings is 1. The molecule has 0 bridgehead atoms. The molecule has 2 aromatic rings. The molecule has 3 atom stereocenters. The Balaban J connectivity index is 1.86. The summed E-state index contributed by atoms with van der Waals surface area (Å²) in [5, 5.41) is 12.4. The summed E-state index contributed by atoms with van der Waals surface area (Å²) in [5.41, 5.74) is 8.77. The average molecular weight is 366 g/mol. The molecule has 1 aliphatic rings. The smallest absolute Gasteiger partial charge is 0.237 e. The second-order valence-corrected chi connectivity index (χ2v) is 7.72. The largest absolute Gasteiger partial charge is 0.367 e. The summed E-state index contributed by atoms with van der Waals surface area (Å²) < 4.78 is 0. The molecule has 1 aliphatic heterocycles. The Hall–Kier alpha value is -2.72. The Labute approximate surface area is 159 Å². The number of piperidine rings is 1. The number of nitrogens with zero attached hydrogens (tertiary/aromatic N) is 4. The number of hydrogen-bond acceptors (Lipinski definition) is 6. The van der Waals surface area contributed by atoms with Crippen molar-refractivity contribution in [3.05, 3.63) is 30.1 Å². The van der Waals surface area contributed by atoms with Gasteiger partial charge in [-0.3, -0.25) is 14.8 Å². The summed E-state index contributed by atoms with van der Waals surface area (Å²) in [4.78, 5) is 23.4. The quantitative estimate of drug-likeness (QED) is 0.854. The van der Waals surface area contributed by atoms with Gasteiger partial charge in [0.25, 0.3) is 0 Å². The van der Waals surface area contributed by atoms with Crippen molar-refractivity contribution >= 4 is 22.6 Å². The van der Waals surface area contributed by atoms with Gasteiger partial charge in [0.2, 0.25) is 5.91 Å². The van der Waals surface area contributed by atoms with Crippen molar-refractivity contribution in [2.75, 3.05) is 18.0 Å². The summed E-state index contributed by atoms with van der Waals surface area (Å²) in [6.45, 7) is 7.60. The van der Waals surface area contributed by atoms with Gasteiger partial charge in [-0.05, 0) is 30.4 Å². The van der Waals surface area contributed by atoms with E-state index in [0.29, 0.717) is 23.5 Å². The minimum Gasteiger partial charge on any atom is -0.367 e. The third kappa shape index (κ3) is 4.01. The molecular formula is C20H26N6O. The predicted molar refractivity (Wildman–Crippen MR) is 105 cm³/mol. The van der Waals surface area contributed by atoms with Crippen LogP contribution >= 0.6 is 0 Å². The van der Waals surface area contributed by atoms with Gasteiger partial charge in [0, 0.05) is 31.5 Å². The maximum atomic E-state index is 12.4. The van der Waals surface area contributed by atoms with Gasteiger partial charge in [-0.15, -0.1) is 0 Å². The van der Waals surface area contributed by atoms with Crippen LogP contribution in [0.5, 0.6) is 0 Å². The Morgan fingerprint density at radius 2 is 2.00 bits per heavy atom. The lowest BCUT2D eigenvalue weighted by molar-refractivity contribution is -0.124. The fourth-order valence-corrected chi connectivity index (χ4v) is 3.64. The van der Waals surface area contributed by atoms with Crippen molar-refractivity contribution in [3.8, 4) is 6.07 Å². The van der Waals surface area contributed by atoms with E-state index in [-0.39, 0.29) is 17.9 Å². The molecule has 7 nitrogen and oxygen atoms in total. The van der Waals surface area contributed by atoms with Crippen LogP contribution in [-0.4, -0.2) is 41.0 Å². The van der Waals surface area contributed by atoms with Gasteiger partial charge in [-0.25, -0.2) is 0 Å². The van der Waals surface area contributed by atoms with Crippen molar-refractivity contribution < 1.29 is 4.79 Å². The Bertz CT molecular complexity index is 874. The summed E-state index contributed by atoms with van der Waals surface area (Å²) in [6.07, 6.45) is 4.15. The first-order valence-electron chi connectivity index (χ1n) is 9.35. The molecule has 0 saturated carbocycles. The summed E-state index contributed by atoms with van der Waals surface area (Å²) in [7, 11) is 0. The van der Waals surface area contributed by atoms with Gasteiger partial charge in [0.15, 0.2) is 0 Å². The van der Waals surface area contributed by atoms with Crippen LogP contribution in [0.15, 0.2) is 24.5 Å². The molecule has 0 radical (unpaired) electrons. The zero-order chi connectivity index (χ0) is 19.6. The maximum Gasteiger partial charge on any atom is 0.237 e. The van der Waals surface area contributed by atoms with Crippen LogP contribution in [-0.2, 0) is 4.79 Å². The lowest BCUT2D eigenvalue weighted by Gasteiger charge is -2.39. The number of hydrogen-bond donors (Lipinski definition) is 2. The Kier molecular flexibility index (Phi) is 5.57. The molecular weight excluding hydrogens is 340 g/mol. The molecule has 3 N–H and O–H groups in total. The van der Waals surface area contributed by atoms with E-state index in [4.69, 9.17) is 5.73 Å². The second-order valence-electron chi connectivity index (χ2n) is 7.72. The third-order valence-electron chi connectivity index (χ3n) is 5.09. The first kappa shape index (κ1) is 19.1. The zero-order valence-electron chi connectivity index (χ0n) is 16.0. The standard InChI is InChI=1S/C20H26N6O/c1-12(2)17(22)20(27)25-15-8-13(3)10-26(11-15)16-5-4-14(9-21)18-19(16)24-7-6-23-18/h4-7,12-13,15,17H,8,10-11,22H2,1-3H3,(H,25,27)/t13-,15+,17-/m0/s1. The fraction of sp³-hybridized carbons (Fsp3) is 0.500. The molecule has 7 heteroatoms. The maximum absolute atomic E-state index is 12.4. The fourth-order valence-electron chi connectivity index (χ4n) is 3.64. The highest BCUT2D eigenvalue weighted by molar-refractivity contribution is 5.92. The number of fused-ring (bicyclic) bond motifs is 1. The average Bonchev–Trinajstić information content (AvgIpc) is 2.65. The number of anilines is 1. The van der Waals surface area contributed by atoms with Gasteiger partial charge in [-0.2, -0.15) is 5.26 Å². The van der Waals surface area contributed by atoms with Crippen molar-refractivity contribution in [2.24, 2.45) is 17.6 Å². The highest BCUT2D eigenvalue weighted by atomic mass is 16.2. The lowest BCUT2D eigenvalue weighted by Crippen LogP contribution is -2.54. The molecule has 0 spiro atoms. The highest BCUT2D eigenvalue weighted by Crippen LogP contribution is 2.30. The number of carbonyl (C=O) groups is 1. The van der Waals surface area contributed by atoms with Crippen molar-refractivity contribution in [1.29, 1.82) is 5.26 Å². The molecule has 1 fully saturated rings. The SMILES string of the molecule is CC(C)[C@H](N)C(=O)N[C@@H]1C[C@H](C)CN(c2ccc(C#N)c3nccnc23)C1. The van der Waals surface area contributed by atoms with E-state index in [1.165, 1.54) is 0 Å². The molecule has 27 heavy (non-hydrogen) atoms. The van der Waals surface area contributed by atoms with E-state index in [9.17, 15) is 10.1 Å². The third-order valence-corrected chi connectivity index (χ3v) is 5.09. The predicted octanol–water partition coefficient (Wildman–Crippen LogP) is 1.82. The summed E-state index contributed by atoms with van der Waals surface area (Å²) >= 11 is 0. The topological polar surface area (TPSA) is 108 Å². The Morgan fingerprint density at radius 1 is 1.30 bits per heavy atom. The van der Waals surface area contributed by atoms with Crippen LogP contribution in [0.1, 0.15) is 32.8 Å². The van der Waals surface area contributed by atoms with Gasteiger partial charge in [0.1, 0.15) is 17.1 Å². The van der Waals surface area contributed by atoms with Crippen molar-refractivity contribution in [1.82, 2.24) is 15.3 Å². The van der Waals surface area contributed by atoms with E-state index in [1.807, 2.05) is 19.9 Å². The van der Waals surface area contributed by atoms with E-state index in [2.05, 4.69) is 33.2 Å². The monoisotopic (exact) mass is 366 g/mol. The molecule has 1 aromatic carbocycles. The minimum atomic E-state index is -0.503. The van der Waals surface area contributed by atoms with Gasteiger partial charge < -0.3 is 16.0 Å².